The number of allylic oxidation sites excluding steroid dienone is 1. The zero-order chi connectivity index (χ0) is 15.8. The molecule has 0 aliphatic heterocycles. The molecule has 1 saturated carbocycles. The SMILES string of the molecule is C=C[C@]1(C)C[C@H](C)C[C@H](C)[C@H]1c1c(O)ccn(OC)c1=O. The minimum Gasteiger partial charge on any atom is -0.507 e. The Morgan fingerprint density at radius 1 is 1.52 bits per heavy atom. The van der Waals surface area contributed by atoms with Crippen LogP contribution in [0, 0.1) is 17.3 Å². The molecule has 0 bridgehead atoms. The van der Waals surface area contributed by atoms with Crippen LogP contribution in [0.1, 0.15) is 45.1 Å². The molecule has 4 nitrogen and oxygen atoms in total. The summed E-state index contributed by atoms with van der Waals surface area (Å²) < 4.78 is 1.17. The van der Waals surface area contributed by atoms with Gasteiger partial charge in [0.25, 0.3) is 5.56 Å². The molecule has 1 aliphatic rings. The van der Waals surface area contributed by atoms with Crippen molar-refractivity contribution in [2.24, 2.45) is 17.3 Å². The van der Waals surface area contributed by atoms with Crippen molar-refractivity contribution in [2.45, 2.75) is 39.5 Å². The van der Waals surface area contributed by atoms with Gasteiger partial charge in [0.2, 0.25) is 0 Å². The highest BCUT2D eigenvalue weighted by molar-refractivity contribution is 5.36. The number of hydrogen-bond donors (Lipinski definition) is 1. The fourth-order valence-electron chi connectivity index (χ4n) is 4.17. The standard InChI is InChI=1S/C17H25NO3/c1-6-17(4)10-11(2)9-12(3)15(17)14-13(19)7-8-18(21-5)16(14)20/h6-8,11-12,15,19H,1,9-10H2,2-5H3/t11-,12+,15+,17-/m1/s1. The summed E-state index contributed by atoms with van der Waals surface area (Å²) in [6.45, 7) is 10.5. The van der Waals surface area contributed by atoms with Crippen LogP contribution in [-0.2, 0) is 0 Å². The highest BCUT2D eigenvalue weighted by atomic mass is 16.6. The Labute approximate surface area is 126 Å². The quantitative estimate of drug-likeness (QED) is 0.871. The maximum atomic E-state index is 12.6. The van der Waals surface area contributed by atoms with E-state index in [-0.39, 0.29) is 22.6 Å². The van der Waals surface area contributed by atoms with Crippen molar-refractivity contribution < 1.29 is 9.94 Å². The fraction of sp³-hybridized carbons (Fsp3) is 0.588. The van der Waals surface area contributed by atoms with Crippen LogP contribution in [0.5, 0.6) is 5.75 Å². The van der Waals surface area contributed by atoms with Crippen LogP contribution >= 0.6 is 0 Å². The average molecular weight is 291 g/mol. The number of nitrogens with zero attached hydrogens (tertiary/aromatic N) is 1. The Kier molecular flexibility index (Phi) is 4.17. The van der Waals surface area contributed by atoms with E-state index in [0.29, 0.717) is 17.4 Å². The molecule has 4 atom stereocenters. The van der Waals surface area contributed by atoms with E-state index >= 15 is 0 Å². The van der Waals surface area contributed by atoms with Crippen LogP contribution in [0.25, 0.3) is 0 Å². The topological polar surface area (TPSA) is 51.5 Å². The van der Waals surface area contributed by atoms with Gasteiger partial charge in [-0.25, -0.2) is 0 Å². The molecular formula is C17H25NO3. The lowest BCUT2D eigenvalue weighted by Gasteiger charge is -2.46. The number of aromatic nitrogens is 1. The maximum absolute atomic E-state index is 12.6. The zero-order valence-corrected chi connectivity index (χ0v) is 13.3. The van der Waals surface area contributed by atoms with Crippen molar-refractivity contribution >= 4 is 0 Å². The molecule has 21 heavy (non-hydrogen) atoms. The van der Waals surface area contributed by atoms with E-state index in [1.807, 2.05) is 6.08 Å². The van der Waals surface area contributed by atoms with Crippen molar-refractivity contribution in [3.63, 3.8) is 0 Å². The van der Waals surface area contributed by atoms with Crippen LogP contribution < -0.4 is 10.4 Å². The van der Waals surface area contributed by atoms with Crippen molar-refractivity contribution in [3.8, 4) is 5.75 Å². The Bertz CT molecular complexity index is 592. The highest BCUT2D eigenvalue weighted by Gasteiger charge is 2.44. The lowest BCUT2D eigenvalue weighted by atomic mass is 9.58. The first-order valence-corrected chi connectivity index (χ1v) is 7.46. The normalized spacial score (nSPS) is 32.7. The lowest BCUT2D eigenvalue weighted by Crippen LogP contribution is -2.40. The summed E-state index contributed by atoms with van der Waals surface area (Å²) in [7, 11) is 1.45. The third-order valence-corrected chi connectivity index (χ3v) is 4.89. The Morgan fingerprint density at radius 3 is 2.76 bits per heavy atom. The van der Waals surface area contributed by atoms with Crippen molar-refractivity contribution in [1.82, 2.24) is 4.73 Å². The summed E-state index contributed by atoms with van der Waals surface area (Å²) >= 11 is 0. The molecule has 1 aliphatic carbocycles. The largest absolute Gasteiger partial charge is 0.507 e. The summed E-state index contributed by atoms with van der Waals surface area (Å²) in [6.07, 6.45) is 5.39. The molecule has 0 spiro atoms. The monoisotopic (exact) mass is 291 g/mol. The Hall–Kier alpha value is -1.71. The maximum Gasteiger partial charge on any atom is 0.290 e. The van der Waals surface area contributed by atoms with E-state index in [1.54, 1.807) is 0 Å². The second-order valence-electron chi connectivity index (χ2n) is 6.64. The smallest absolute Gasteiger partial charge is 0.290 e. The minimum atomic E-state index is -0.281. The summed E-state index contributed by atoms with van der Waals surface area (Å²) in [5, 5.41) is 10.3. The van der Waals surface area contributed by atoms with Gasteiger partial charge >= 0.3 is 0 Å². The molecule has 1 aromatic rings. The lowest BCUT2D eigenvalue weighted by molar-refractivity contribution is 0.119. The molecule has 116 valence electrons. The summed E-state index contributed by atoms with van der Waals surface area (Å²) in [5.41, 5.74) is -0.0428. The molecule has 1 N–H and O–H groups in total. The zero-order valence-electron chi connectivity index (χ0n) is 13.3. The van der Waals surface area contributed by atoms with Gasteiger partial charge in [0.1, 0.15) is 12.9 Å². The van der Waals surface area contributed by atoms with Gasteiger partial charge in [-0.3, -0.25) is 4.79 Å². The van der Waals surface area contributed by atoms with E-state index in [4.69, 9.17) is 4.84 Å². The molecule has 0 unspecified atom stereocenters. The van der Waals surface area contributed by atoms with Gasteiger partial charge in [-0.05, 0) is 30.1 Å². The Balaban J connectivity index is 2.63. The van der Waals surface area contributed by atoms with E-state index in [1.165, 1.54) is 24.1 Å². The van der Waals surface area contributed by atoms with E-state index < -0.39 is 0 Å². The molecule has 0 radical (unpaired) electrons. The second-order valence-corrected chi connectivity index (χ2v) is 6.64. The first-order chi connectivity index (χ1) is 9.84. The third kappa shape index (κ3) is 2.59. The van der Waals surface area contributed by atoms with E-state index in [2.05, 4.69) is 27.4 Å². The summed E-state index contributed by atoms with van der Waals surface area (Å²) in [5.74, 6) is 0.867. The van der Waals surface area contributed by atoms with E-state index in [9.17, 15) is 9.90 Å². The minimum absolute atomic E-state index is 0.0489. The molecule has 0 aromatic carbocycles. The molecular weight excluding hydrogens is 266 g/mol. The van der Waals surface area contributed by atoms with Crippen molar-refractivity contribution in [2.75, 3.05) is 7.11 Å². The third-order valence-electron chi connectivity index (χ3n) is 4.89. The van der Waals surface area contributed by atoms with Crippen LogP contribution in [0.3, 0.4) is 0 Å². The van der Waals surface area contributed by atoms with Gasteiger partial charge in [0.15, 0.2) is 0 Å². The molecule has 2 rings (SSSR count). The molecule has 1 heterocycles. The van der Waals surface area contributed by atoms with Gasteiger partial charge in [-0.1, -0.05) is 26.8 Å². The molecule has 1 aromatic heterocycles. The fourth-order valence-corrected chi connectivity index (χ4v) is 4.17. The van der Waals surface area contributed by atoms with Crippen LogP contribution in [-0.4, -0.2) is 16.9 Å². The molecule has 1 fully saturated rings. The summed E-state index contributed by atoms with van der Waals surface area (Å²) in [6, 6.07) is 1.52. The number of aromatic hydroxyl groups is 1. The van der Waals surface area contributed by atoms with Gasteiger partial charge in [0.05, 0.1) is 11.8 Å². The summed E-state index contributed by atoms with van der Waals surface area (Å²) in [4.78, 5) is 17.7. The van der Waals surface area contributed by atoms with Crippen LogP contribution in [0.15, 0.2) is 29.7 Å². The van der Waals surface area contributed by atoms with Crippen molar-refractivity contribution in [1.29, 1.82) is 0 Å². The predicted molar refractivity (Wildman–Crippen MR) is 83.5 cm³/mol. The Morgan fingerprint density at radius 2 is 2.19 bits per heavy atom. The highest BCUT2D eigenvalue weighted by Crippen LogP contribution is 2.53. The number of pyridine rings is 1. The first kappa shape index (κ1) is 15.7. The van der Waals surface area contributed by atoms with E-state index in [0.717, 1.165) is 12.8 Å². The first-order valence-electron chi connectivity index (χ1n) is 7.46. The van der Waals surface area contributed by atoms with Gasteiger partial charge < -0.3 is 9.94 Å². The average Bonchev–Trinajstić information content (AvgIpc) is 2.41. The van der Waals surface area contributed by atoms with Gasteiger partial charge in [0, 0.05) is 12.0 Å². The number of rotatable bonds is 3. The second kappa shape index (κ2) is 5.58. The van der Waals surface area contributed by atoms with Gasteiger partial charge in [-0.15, -0.1) is 6.58 Å². The van der Waals surface area contributed by atoms with Gasteiger partial charge in [-0.2, -0.15) is 4.73 Å². The van der Waals surface area contributed by atoms with Crippen LogP contribution in [0.2, 0.25) is 0 Å². The molecule has 0 saturated heterocycles. The molecule has 4 heteroatoms. The molecule has 0 amide bonds. The number of hydrogen-bond acceptors (Lipinski definition) is 3. The predicted octanol–water partition coefficient (Wildman–Crippen LogP) is 2.95. The van der Waals surface area contributed by atoms with Crippen molar-refractivity contribution in [3.05, 3.63) is 40.8 Å². The van der Waals surface area contributed by atoms with Crippen LogP contribution in [0.4, 0.5) is 0 Å².